The van der Waals surface area contributed by atoms with Gasteiger partial charge in [-0.05, 0) is 25.7 Å². The molecule has 4 heterocycles. The fourth-order valence-electron chi connectivity index (χ4n) is 4.28. The average molecular weight is 418 g/mol. The van der Waals surface area contributed by atoms with Gasteiger partial charge in [0.05, 0.1) is 30.3 Å². The first-order valence-electron chi connectivity index (χ1n) is 10.4. The Morgan fingerprint density at radius 1 is 1.32 bits per heavy atom. The summed E-state index contributed by atoms with van der Waals surface area (Å²) in [7, 11) is 1.95. The summed E-state index contributed by atoms with van der Waals surface area (Å²) in [5.41, 5.74) is 5.19. The fraction of sp³-hybridized carbons (Fsp3) is 0.429. The van der Waals surface area contributed by atoms with Crippen LogP contribution in [0.4, 0.5) is 0 Å². The molecule has 2 N–H and O–H groups in total. The van der Waals surface area contributed by atoms with Crippen LogP contribution >= 0.6 is 0 Å². The minimum Gasteiger partial charge on any atom is -0.344 e. The third-order valence-electron chi connectivity index (χ3n) is 6.05. The lowest BCUT2D eigenvalue weighted by atomic mass is 9.95. The van der Waals surface area contributed by atoms with Gasteiger partial charge in [-0.2, -0.15) is 10.4 Å². The Morgan fingerprint density at radius 2 is 2.13 bits per heavy atom. The second kappa shape index (κ2) is 7.50. The Morgan fingerprint density at radius 3 is 2.94 bits per heavy atom. The van der Waals surface area contributed by atoms with Crippen molar-refractivity contribution in [2.45, 2.75) is 25.7 Å². The molecule has 0 saturated carbocycles. The molecule has 1 fully saturated rings. The normalized spacial score (nSPS) is 15.9. The monoisotopic (exact) mass is 418 g/mol. The highest BCUT2D eigenvalue weighted by molar-refractivity contribution is 6.05. The Bertz CT molecular complexity index is 1230. The van der Waals surface area contributed by atoms with Crippen LogP contribution in [0.25, 0.3) is 22.6 Å². The first-order chi connectivity index (χ1) is 15.0. The number of fused-ring (bicyclic) bond motifs is 2. The van der Waals surface area contributed by atoms with E-state index < -0.39 is 5.91 Å². The molecule has 31 heavy (non-hydrogen) atoms. The predicted molar refractivity (Wildman–Crippen MR) is 111 cm³/mol. The molecule has 0 unspecified atom stereocenters. The predicted octanol–water partition coefficient (Wildman–Crippen LogP) is 0.949. The summed E-state index contributed by atoms with van der Waals surface area (Å²) in [5, 5.41) is 16.1. The van der Waals surface area contributed by atoms with Gasteiger partial charge >= 0.3 is 0 Å². The molecule has 10 heteroatoms. The van der Waals surface area contributed by atoms with E-state index in [1.165, 1.54) is 11.3 Å². The molecular weight excluding hydrogens is 396 g/mol. The van der Waals surface area contributed by atoms with Crippen LogP contribution in [0.2, 0.25) is 0 Å². The summed E-state index contributed by atoms with van der Waals surface area (Å²) in [6.45, 7) is 0.716. The highest BCUT2D eigenvalue weighted by atomic mass is 16.2. The number of nitriles is 1. The third kappa shape index (κ3) is 3.32. The number of hydrogen-bond acceptors (Lipinski definition) is 6. The summed E-state index contributed by atoms with van der Waals surface area (Å²) in [6.07, 6.45) is 7.48. The number of likely N-dealkylation sites (tertiary alicyclic amines) is 1. The highest BCUT2D eigenvalue weighted by Crippen LogP contribution is 2.30. The lowest BCUT2D eigenvalue weighted by Gasteiger charge is -2.35. The summed E-state index contributed by atoms with van der Waals surface area (Å²) in [6, 6.07) is 2.13. The number of aromatic amines is 1. The van der Waals surface area contributed by atoms with Crippen LogP contribution in [0.3, 0.4) is 0 Å². The molecule has 158 valence electrons. The van der Waals surface area contributed by atoms with E-state index in [-0.39, 0.29) is 18.4 Å². The molecule has 0 aromatic carbocycles. The van der Waals surface area contributed by atoms with E-state index in [9.17, 15) is 9.59 Å². The van der Waals surface area contributed by atoms with Gasteiger partial charge in [-0.3, -0.25) is 14.3 Å². The number of amides is 2. The van der Waals surface area contributed by atoms with Gasteiger partial charge in [-0.1, -0.05) is 0 Å². The van der Waals surface area contributed by atoms with Gasteiger partial charge in [0.2, 0.25) is 5.91 Å². The molecule has 10 nitrogen and oxygen atoms in total. The molecule has 0 atom stereocenters. The van der Waals surface area contributed by atoms with Gasteiger partial charge in [0.25, 0.3) is 5.91 Å². The molecular formula is C21H22N8O2. The van der Waals surface area contributed by atoms with Crippen molar-refractivity contribution < 1.29 is 9.59 Å². The topological polar surface area (TPSA) is 133 Å². The molecule has 3 aromatic rings. The molecule has 0 radical (unpaired) electrons. The maximum Gasteiger partial charge on any atom is 0.255 e. The van der Waals surface area contributed by atoms with Crippen LogP contribution in [0, 0.1) is 17.2 Å². The van der Waals surface area contributed by atoms with Crippen molar-refractivity contribution >= 4 is 23.0 Å². The van der Waals surface area contributed by atoms with Crippen molar-refractivity contribution in [3.8, 4) is 17.5 Å². The number of carbonyl (C=O) groups excluding carboxylic acids is 2. The van der Waals surface area contributed by atoms with Gasteiger partial charge in [-0.15, -0.1) is 0 Å². The number of carbonyl (C=O) groups is 2. The Balaban J connectivity index is 1.37. The summed E-state index contributed by atoms with van der Waals surface area (Å²) >= 11 is 0. The molecule has 1 aliphatic heterocycles. The molecule has 1 saturated heterocycles. The van der Waals surface area contributed by atoms with Crippen molar-refractivity contribution in [1.82, 2.24) is 34.9 Å². The van der Waals surface area contributed by atoms with Gasteiger partial charge in [-0.25, -0.2) is 9.97 Å². The quantitative estimate of drug-likeness (QED) is 0.648. The fourth-order valence-corrected chi connectivity index (χ4v) is 4.28. The standard InChI is InChI=1S/C21H22N8O2/c1-28-16-5-3-2-4-13(16)18(27-28)15-8-24-20-19(26-15)14(7-23-20)21(31)25-9-17(30)29-10-12(6-22)11-29/h7-8,12H,2-5,9-11H2,1H3,(H,23,24)(H,25,31). The largest absolute Gasteiger partial charge is 0.344 e. The molecule has 5 rings (SSSR count). The molecule has 0 bridgehead atoms. The zero-order chi connectivity index (χ0) is 21.5. The number of aromatic nitrogens is 5. The van der Waals surface area contributed by atoms with Crippen molar-refractivity contribution in [1.29, 1.82) is 5.26 Å². The molecule has 2 aliphatic rings. The SMILES string of the molecule is Cn1nc(-c2cnc3[nH]cc(C(=O)NCC(=O)N4CC(C#N)C4)c3n2)c2c1CCCC2. The lowest BCUT2D eigenvalue weighted by molar-refractivity contribution is -0.135. The molecule has 3 aromatic heterocycles. The van der Waals surface area contributed by atoms with Crippen molar-refractivity contribution in [3.05, 3.63) is 29.2 Å². The number of hydrogen-bond donors (Lipinski definition) is 2. The first-order valence-corrected chi connectivity index (χ1v) is 10.4. The zero-order valence-corrected chi connectivity index (χ0v) is 17.2. The van der Waals surface area contributed by atoms with Gasteiger partial charge in [0.15, 0.2) is 5.65 Å². The van der Waals surface area contributed by atoms with E-state index in [2.05, 4.69) is 26.5 Å². The van der Waals surface area contributed by atoms with Crippen molar-refractivity contribution in [2.24, 2.45) is 13.0 Å². The van der Waals surface area contributed by atoms with Crippen LogP contribution in [-0.4, -0.2) is 61.1 Å². The number of aryl methyl sites for hydroxylation is 1. The second-order valence-corrected chi connectivity index (χ2v) is 8.07. The highest BCUT2D eigenvalue weighted by Gasteiger charge is 2.30. The van der Waals surface area contributed by atoms with E-state index in [4.69, 9.17) is 10.2 Å². The average Bonchev–Trinajstić information content (AvgIpc) is 3.32. The molecule has 0 spiro atoms. The zero-order valence-electron chi connectivity index (χ0n) is 17.2. The number of rotatable bonds is 4. The molecule has 1 aliphatic carbocycles. The van der Waals surface area contributed by atoms with Crippen molar-refractivity contribution in [2.75, 3.05) is 19.6 Å². The van der Waals surface area contributed by atoms with E-state index in [0.29, 0.717) is 35.5 Å². The smallest absolute Gasteiger partial charge is 0.255 e. The Hall–Kier alpha value is -3.74. The van der Waals surface area contributed by atoms with Crippen molar-refractivity contribution in [3.63, 3.8) is 0 Å². The third-order valence-corrected chi connectivity index (χ3v) is 6.05. The van der Waals surface area contributed by atoms with E-state index in [1.54, 1.807) is 17.3 Å². The Labute approximate surface area is 178 Å². The van der Waals surface area contributed by atoms with E-state index >= 15 is 0 Å². The van der Waals surface area contributed by atoms with Crippen LogP contribution < -0.4 is 5.32 Å². The van der Waals surface area contributed by atoms with Crippen LogP contribution in [-0.2, 0) is 24.7 Å². The van der Waals surface area contributed by atoms with Crippen LogP contribution in [0.1, 0.15) is 34.5 Å². The minimum absolute atomic E-state index is 0.112. The van der Waals surface area contributed by atoms with Crippen LogP contribution in [0.5, 0.6) is 0 Å². The van der Waals surface area contributed by atoms with Gasteiger partial charge < -0.3 is 15.2 Å². The summed E-state index contributed by atoms with van der Waals surface area (Å²) < 4.78 is 1.92. The summed E-state index contributed by atoms with van der Waals surface area (Å²) in [5.74, 6) is -0.711. The summed E-state index contributed by atoms with van der Waals surface area (Å²) in [4.78, 5) is 38.5. The molecule has 2 amide bonds. The van der Waals surface area contributed by atoms with Gasteiger partial charge in [0.1, 0.15) is 16.9 Å². The van der Waals surface area contributed by atoms with Gasteiger partial charge in [0, 0.05) is 37.6 Å². The number of H-pyrrole nitrogens is 1. The number of nitrogens with zero attached hydrogens (tertiary/aromatic N) is 6. The first kappa shape index (κ1) is 19.2. The maximum absolute atomic E-state index is 12.7. The van der Waals surface area contributed by atoms with E-state index in [0.717, 1.165) is 31.4 Å². The second-order valence-electron chi connectivity index (χ2n) is 8.07. The number of nitrogens with one attached hydrogen (secondary N) is 2. The maximum atomic E-state index is 12.7. The minimum atomic E-state index is -0.397. The lowest BCUT2D eigenvalue weighted by Crippen LogP contribution is -2.52. The van der Waals surface area contributed by atoms with E-state index in [1.807, 2.05) is 11.7 Å². The Kier molecular flexibility index (Phi) is 4.66. The van der Waals surface area contributed by atoms with Crippen LogP contribution in [0.15, 0.2) is 12.4 Å².